The molecule has 1 saturated heterocycles. The van der Waals surface area contributed by atoms with Gasteiger partial charge in [-0.2, -0.15) is 0 Å². The number of hydrogen-bond acceptors (Lipinski definition) is 4. The molecule has 5 nitrogen and oxygen atoms in total. The van der Waals surface area contributed by atoms with E-state index in [1.165, 1.54) is 11.3 Å². The minimum Gasteiger partial charge on any atom is -0.312 e. The van der Waals surface area contributed by atoms with E-state index in [0.29, 0.717) is 28.7 Å². The Labute approximate surface area is 153 Å². The maximum atomic E-state index is 12.5. The molecule has 2 heterocycles. The smallest absolute Gasteiger partial charge is 0.257 e. The van der Waals surface area contributed by atoms with Crippen LogP contribution in [0.3, 0.4) is 0 Å². The Hall–Kier alpha value is -2.44. The van der Waals surface area contributed by atoms with Crippen molar-refractivity contribution in [1.29, 1.82) is 0 Å². The van der Waals surface area contributed by atoms with Gasteiger partial charge in [0, 0.05) is 29.2 Å². The Morgan fingerprint density at radius 2 is 2.12 bits per heavy atom. The summed E-state index contributed by atoms with van der Waals surface area (Å²) in [5.41, 5.74) is 2.04. The average molecular weight is 372 g/mol. The molecule has 25 heavy (non-hydrogen) atoms. The molecule has 0 saturated carbocycles. The number of hydrogen-bond donors (Lipinski definition) is 1. The van der Waals surface area contributed by atoms with Crippen LogP contribution in [0.4, 0.5) is 10.8 Å². The number of nitrogens with one attached hydrogen (secondary N) is 1. The van der Waals surface area contributed by atoms with Crippen molar-refractivity contribution in [2.75, 3.05) is 16.8 Å². The van der Waals surface area contributed by atoms with Gasteiger partial charge in [-0.1, -0.05) is 29.0 Å². The number of fused-ring (bicyclic) bond motifs is 1. The number of rotatable bonds is 3. The second kappa shape index (κ2) is 6.46. The zero-order chi connectivity index (χ0) is 17.4. The molecule has 3 aromatic rings. The first kappa shape index (κ1) is 16.1. The maximum absolute atomic E-state index is 12.5. The molecule has 7 heteroatoms. The van der Waals surface area contributed by atoms with E-state index in [2.05, 4.69) is 10.3 Å². The minimum absolute atomic E-state index is 0.0978. The summed E-state index contributed by atoms with van der Waals surface area (Å²) in [6.45, 7) is 0.697. The first-order valence-electron chi connectivity index (χ1n) is 7.88. The van der Waals surface area contributed by atoms with E-state index in [-0.39, 0.29) is 11.8 Å². The quantitative estimate of drug-likeness (QED) is 0.745. The van der Waals surface area contributed by atoms with Crippen LogP contribution in [0.15, 0.2) is 42.5 Å². The Balaban J connectivity index is 1.56. The molecule has 0 spiro atoms. The van der Waals surface area contributed by atoms with Gasteiger partial charge in [0.2, 0.25) is 5.91 Å². The van der Waals surface area contributed by atoms with Crippen LogP contribution in [0.5, 0.6) is 0 Å². The SMILES string of the molecule is O=C(Nc1nc2ccc(Cl)cc2s1)c1cccc(N2CCCC2=O)c1. The van der Waals surface area contributed by atoms with Gasteiger partial charge in [-0.15, -0.1) is 0 Å². The van der Waals surface area contributed by atoms with E-state index in [9.17, 15) is 9.59 Å². The van der Waals surface area contributed by atoms with Crippen LogP contribution in [-0.2, 0) is 4.79 Å². The Bertz CT molecular complexity index is 985. The zero-order valence-corrected chi connectivity index (χ0v) is 14.7. The molecule has 0 radical (unpaired) electrons. The second-order valence-corrected chi connectivity index (χ2v) is 7.25. The number of benzene rings is 2. The molecule has 0 aliphatic carbocycles. The van der Waals surface area contributed by atoms with Crippen molar-refractivity contribution in [1.82, 2.24) is 4.98 Å². The molecule has 1 aliphatic rings. The van der Waals surface area contributed by atoms with Crippen LogP contribution in [0.25, 0.3) is 10.2 Å². The van der Waals surface area contributed by atoms with Crippen LogP contribution in [0.1, 0.15) is 23.2 Å². The summed E-state index contributed by atoms with van der Waals surface area (Å²) in [5, 5.41) is 3.97. The Morgan fingerprint density at radius 3 is 2.92 bits per heavy atom. The van der Waals surface area contributed by atoms with Gasteiger partial charge in [0.1, 0.15) is 0 Å². The number of carbonyl (C=O) groups is 2. The standard InChI is InChI=1S/C18H14ClN3O2S/c19-12-6-7-14-15(10-12)25-18(20-14)21-17(24)11-3-1-4-13(9-11)22-8-2-5-16(22)23/h1,3-4,6-7,9-10H,2,5,8H2,(H,20,21,24). The fraction of sp³-hybridized carbons (Fsp3) is 0.167. The number of halogens is 1. The van der Waals surface area contributed by atoms with Crippen molar-refractivity contribution >= 4 is 55.8 Å². The summed E-state index contributed by atoms with van der Waals surface area (Å²) in [4.78, 5) is 30.5. The number of nitrogens with zero attached hydrogens (tertiary/aromatic N) is 2. The van der Waals surface area contributed by atoms with Crippen molar-refractivity contribution in [3.63, 3.8) is 0 Å². The Morgan fingerprint density at radius 1 is 1.24 bits per heavy atom. The summed E-state index contributed by atoms with van der Waals surface area (Å²) in [6.07, 6.45) is 1.41. The Kier molecular flexibility index (Phi) is 4.15. The fourth-order valence-corrected chi connectivity index (χ4v) is 3.99. The van der Waals surface area contributed by atoms with Gasteiger partial charge in [0.25, 0.3) is 5.91 Å². The third kappa shape index (κ3) is 3.23. The molecule has 0 bridgehead atoms. The van der Waals surface area contributed by atoms with Crippen molar-refractivity contribution in [3.8, 4) is 0 Å². The number of amides is 2. The molecule has 2 aromatic carbocycles. The lowest BCUT2D eigenvalue weighted by atomic mass is 10.2. The molecule has 0 atom stereocenters. The van der Waals surface area contributed by atoms with E-state index >= 15 is 0 Å². The second-order valence-electron chi connectivity index (χ2n) is 5.78. The van der Waals surface area contributed by atoms with Crippen LogP contribution in [-0.4, -0.2) is 23.3 Å². The molecular weight excluding hydrogens is 358 g/mol. The first-order valence-corrected chi connectivity index (χ1v) is 9.07. The van der Waals surface area contributed by atoms with E-state index < -0.39 is 0 Å². The van der Waals surface area contributed by atoms with E-state index in [1.807, 2.05) is 18.2 Å². The topological polar surface area (TPSA) is 62.3 Å². The highest BCUT2D eigenvalue weighted by molar-refractivity contribution is 7.22. The van der Waals surface area contributed by atoms with Gasteiger partial charge in [-0.3, -0.25) is 14.9 Å². The summed E-state index contributed by atoms with van der Waals surface area (Å²) >= 11 is 7.35. The summed E-state index contributed by atoms with van der Waals surface area (Å²) in [7, 11) is 0. The fourth-order valence-electron chi connectivity index (χ4n) is 2.86. The number of aromatic nitrogens is 1. The molecule has 2 amide bonds. The van der Waals surface area contributed by atoms with Gasteiger partial charge in [0.05, 0.1) is 10.2 Å². The van der Waals surface area contributed by atoms with Crippen LogP contribution in [0.2, 0.25) is 5.02 Å². The molecule has 4 rings (SSSR count). The summed E-state index contributed by atoms with van der Waals surface area (Å²) in [5.74, 6) is -0.153. The van der Waals surface area contributed by atoms with Gasteiger partial charge in [-0.05, 0) is 42.8 Å². The normalized spacial score (nSPS) is 14.3. The number of anilines is 2. The molecule has 126 valence electrons. The third-order valence-electron chi connectivity index (χ3n) is 4.06. The van der Waals surface area contributed by atoms with E-state index in [0.717, 1.165) is 22.3 Å². The molecular formula is C18H14ClN3O2S. The largest absolute Gasteiger partial charge is 0.312 e. The monoisotopic (exact) mass is 371 g/mol. The maximum Gasteiger partial charge on any atom is 0.257 e. The highest BCUT2D eigenvalue weighted by Gasteiger charge is 2.22. The van der Waals surface area contributed by atoms with Crippen molar-refractivity contribution in [2.24, 2.45) is 0 Å². The predicted molar refractivity (Wildman–Crippen MR) is 101 cm³/mol. The van der Waals surface area contributed by atoms with Gasteiger partial charge in [-0.25, -0.2) is 4.98 Å². The van der Waals surface area contributed by atoms with Crippen LogP contribution in [0, 0.1) is 0 Å². The van der Waals surface area contributed by atoms with Gasteiger partial charge in [0.15, 0.2) is 5.13 Å². The number of thiazole rings is 1. The first-order chi connectivity index (χ1) is 12.1. The third-order valence-corrected chi connectivity index (χ3v) is 5.23. The average Bonchev–Trinajstić information content (AvgIpc) is 3.20. The number of carbonyl (C=O) groups excluding carboxylic acids is 2. The highest BCUT2D eigenvalue weighted by atomic mass is 35.5. The predicted octanol–water partition coefficient (Wildman–Crippen LogP) is 4.33. The van der Waals surface area contributed by atoms with Gasteiger partial charge < -0.3 is 4.90 Å². The zero-order valence-electron chi connectivity index (χ0n) is 13.2. The van der Waals surface area contributed by atoms with Crippen molar-refractivity contribution in [3.05, 3.63) is 53.1 Å². The lowest BCUT2D eigenvalue weighted by Crippen LogP contribution is -2.24. The molecule has 0 unspecified atom stereocenters. The van der Waals surface area contributed by atoms with Crippen LogP contribution >= 0.6 is 22.9 Å². The van der Waals surface area contributed by atoms with Crippen LogP contribution < -0.4 is 10.2 Å². The molecule has 1 aromatic heterocycles. The molecule has 1 fully saturated rings. The molecule has 1 N–H and O–H groups in total. The minimum atomic E-state index is -0.251. The lowest BCUT2D eigenvalue weighted by molar-refractivity contribution is -0.117. The summed E-state index contributed by atoms with van der Waals surface area (Å²) in [6, 6.07) is 12.5. The highest BCUT2D eigenvalue weighted by Crippen LogP contribution is 2.29. The summed E-state index contributed by atoms with van der Waals surface area (Å²) < 4.78 is 0.916. The van der Waals surface area contributed by atoms with E-state index in [1.54, 1.807) is 29.2 Å². The molecule has 1 aliphatic heterocycles. The van der Waals surface area contributed by atoms with E-state index in [4.69, 9.17) is 11.6 Å². The van der Waals surface area contributed by atoms with Crippen molar-refractivity contribution < 1.29 is 9.59 Å². The lowest BCUT2D eigenvalue weighted by Gasteiger charge is -2.16. The van der Waals surface area contributed by atoms with Crippen molar-refractivity contribution in [2.45, 2.75) is 12.8 Å². The van der Waals surface area contributed by atoms with Gasteiger partial charge >= 0.3 is 0 Å².